The van der Waals surface area contributed by atoms with Gasteiger partial charge in [0.15, 0.2) is 6.61 Å². The van der Waals surface area contributed by atoms with E-state index in [2.05, 4.69) is 25.7 Å². The number of aromatic nitrogens is 1. The van der Waals surface area contributed by atoms with Gasteiger partial charge in [0.1, 0.15) is 0 Å². The fourth-order valence-electron chi connectivity index (χ4n) is 2.10. The molecule has 10 heteroatoms. The van der Waals surface area contributed by atoms with Crippen molar-refractivity contribution in [2.24, 2.45) is 0 Å². The predicted octanol–water partition coefficient (Wildman–Crippen LogP) is 3.80. The lowest BCUT2D eigenvalue weighted by Crippen LogP contribution is -2.34. The van der Waals surface area contributed by atoms with E-state index in [-0.39, 0.29) is 23.2 Å². The van der Waals surface area contributed by atoms with Crippen LogP contribution in [0.15, 0.2) is 42.6 Å². The number of alkyl halides is 3. The van der Waals surface area contributed by atoms with Crippen LogP contribution >= 0.6 is 0 Å². The Morgan fingerprint density at radius 1 is 1.11 bits per heavy atom. The Hall–Kier alpha value is -3.30. The van der Waals surface area contributed by atoms with E-state index in [0.29, 0.717) is 5.69 Å². The molecule has 0 fully saturated rings. The van der Waals surface area contributed by atoms with Crippen molar-refractivity contribution in [2.45, 2.75) is 26.1 Å². The summed E-state index contributed by atoms with van der Waals surface area (Å²) in [5.41, 5.74) is 0.765. The molecule has 0 bridgehead atoms. The van der Waals surface area contributed by atoms with Crippen LogP contribution in [-0.2, 0) is 0 Å². The summed E-state index contributed by atoms with van der Waals surface area (Å²) in [4.78, 5) is 28.1. The summed E-state index contributed by atoms with van der Waals surface area (Å²) in [6.07, 6.45) is -3.29. The molecule has 0 radical (unpaired) electrons. The van der Waals surface area contributed by atoms with E-state index < -0.39 is 24.7 Å². The highest BCUT2D eigenvalue weighted by Crippen LogP contribution is 2.20. The largest absolute Gasteiger partial charge is 0.468 e. The summed E-state index contributed by atoms with van der Waals surface area (Å²) in [5.74, 6) is -0.742. The Kier molecular flexibility index (Phi) is 6.80. The van der Waals surface area contributed by atoms with Crippen molar-refractivity contribution in [3.05, 3.63) is 48.2 Å². The molecule has 2 rings (SSSR count). The summed E-state index contributed by atoms with van der Waals surface area (Å²) in [7, 11) is 0. The highest BCUT2D eigenvalue weighted by molar-refractivity contribution is 6.09. The van der Waals surface area contributed by atoms with E-state index in [4.69, 9.17) is 0 Å². The number of anilines is 2. The van der Waals surface area contributed by atoms with E-state index >= 15 is 0 Å². The third-order valence-electron chi connectivity index (χ3n) is 3.22. The van der Waals surface area contributed by atoms with Gasteiger partial charge in [-0.1, -0.05) is 12.1 Å². The van der Waals surface area contributed by atoms with E-state index in [9.17, 15) is 22.8 Å². The summed E-state index contributed by atoms with van der Waals surface area (Å²) >= 11 is 0. The Balaban J connectivity index is 2.04. The van der Waals surface area contributed by atoms with Gasteiger partial charge in [-0.2, -0.15) is 13.2 Å². The maximum Gasteiger partial charge on any atom is 0.422 e. The topological polar surface area (TPSA) is 92.4 Å². The maximum absolute atomic E-state index is 12.5. The Labute approximate surface area is 159 Å². The van der Waals surface area contributed by atoms with Crippen LogP contribution in [0.3, 0.4) is 0 Å². The number of nitrogens with zero attached hydrogens (tertiary/aromatic N) is 1. The zero-order valence-corrected chi connectivity index (χ0v) is 15.1. The van der Waals surface area contributed by atoms with Crippen molar-refractivity contribution < 1.29 is 27.5 Å². The van der Waals surface area contributed by atoms with Crippen LogP contribution in [0, 0.1) is 0 Å². The molecule has 150 valence electrons. The van der Waals surface area contributed by atoms with Crippen LogP contribution < -0.4 is 20.7 Å². The minimum absolute atomic E-state index is 0.0786. The molecule has 2 aromatic rings. The first kappa shape index (κ1) is 21.0. The smallest absolute Gasteiger partial charge is 0.422 e. The number of ether oxygens (including phenoxy) is 1. The first-order chi connectivity index (χ1) is 13.1. The van der Waals surface area contributed by atoms with Gasteiger partial charge < -0.3 is 20.7 Å². The Morgan fingerprint density at radius 3 is 2.43 bits per heavy atom. The number of urea groups is 1. The van der Waals surface area contributed by atoms with Crippen LogP contribution in [0.4, 0.5) is 29.3 Å². The average molecular weight is 396 g/mol. The number of nitrogens with one attached hydrogen (secondary N) is 3. The normalized spacial score (nSPS) is 11.1. The minimum atomic E-state index is -4.47. The molecule has 28 heavy (non-hydrogen) atoms. The summed E-state index contributed by atoms with van der Waals surface area (Å²) < 4.78 is 40.9. The van der Waals surface area contributed by atoms with Crippen molar-refractivity contribution in [1.82, 2.24) is 10.3 Å². The molecule has 0 aliphatic rings. The standard InChI is InChI=1S/C18H19F3N4O3/c1-11(2)23-17(27)25-14-6-4-3-5-13(14)16(26)24-12-7-8-15(22-9-12)28-10-18(19,20)21/h3-9,11H,10H2,1-2H3,(H,24,26)(H2,23,25,27). The van der Waals surface area contributed by atoms with Gasteiger partial charge in [-0.15, -0.1) is 0 Å². The molecule has 0 saturated heterocycles. The van der Waals surface area contributed by atoms with E-state index in [1.807, 2.05) is 0 Å². The maximum atomic E-state index is 12.5. The second-order valence-corrected chi connectivity index (χ2v) is 6.04. The molecule has 0 aliphatic carbocycles. The third-order valence-corrected chi connectivity index (χ3v) is 3.22. The van der Waals surface area contributed by atoms with Crippen LogP contribution in [0.5, 0.6) is 5.88 Å². The van der Waals surface area contributed by atoms with Gasteiger partial charge in [-0.05, 0) is 32.0 Å². The predicted molar refractivity (Wildman–Crippen MR) is 97.5 cm³/mol. The fraction of sp³-hybridized carbons (Fsp3) is 0.278. The van der Waals surface area contributed by atoms with Crippen LogP contribution in [0.25, 0.3) is 0 Å². The molecule has 1 aromatic carbocycles. The molecule has 1 heterocycles. The van der Waals surface area contributed by atoms with E-state index in [1.54, 1.807) is 32.0 Å². The summed E-state index contributed by atoms with van der Waals surface area (Å²) in [6.45, 7) is 2.14. The highest BCUT2D eigenvalue weighted by Gasteiger charge is 2.28. The number of amides is 3. The summed E-state index contributed by atoms with van der Waals surface area (Å²) in [5, 5.41) is 7.81. The van der Waals surface area contributed by atoms with Crippen LogP contribution in [-0.4, -0.2) is 35.7 Å². The molecule has 7 nitrogen and oxygen atoms in total. The number of carbonyl (C=O) groups is 2. The second kappa shape index (κ2) is 9.07. The lowest BCUT2D eigenvalue weighted by Gasteiger charge is -2.13. The number of benzene rings is 1. The van der Waals surface area contributed by atoms with Gasteiger partial charge >= 0.3 is 12.2 Å². The van der Waals surface area contributed by atoms with Crippen molar-refractivity contribution >= 4 is 23.3 Å². The molecular formula is C18H19F3N4O3. The average Bonchev–Trinajstić information content (AvgIpc) is 2.60. The third kappa shape index (κ3) is 6.78. The molecule has 0 unspecified atom stereocenters. The van der Waals surface area contributed by atoms with Crippen LogP contribution in [0.2, 0.25) is 0 Å². The summed E-state index contributed by atoms with van der Waals surface area (Å²) in [6, 6.07) is 8.42. The van der Waals surface area contributed by atoms with Crippen LogP contribution in [0.1, 0.15) is 24.2 Å². The Morgan fingerprint density at radius 2 is 1.82 bits per heavy atom. The number of hydrogen-bond donors (Lipinski definition) is 3. The molecule has 3 amide bonds. The molecule has 0 saturated carbocycles. The highest BCUT2D eigenvalue weighted by atomic mass is 19.4. The monoisotopic (exact) mass is 396 g/mol. The van der Waals surface area contributed by atoms with E-state index in [0.717, 1.165) is 0 Å². The second-order valence-electron chi connectivity index (χ2n) is 6.04. The van der Waals surface area contributed by atoms with Gasteiger partial charge in [-0.3, -0.25) is 4.79 Å². The zero-order chi connectivity index (χ0) is 20.7. The fourth-order valence-corrected chi connectivity index (χ4v) is 2.10. The van der Waals surface area contributed by atoms with Crippen molar-refractivity contribution in [2.75, 3.05) is 17.2 Å². The molecule has 0 aliphatic heterocycles. The molecule has 3 N–H and O–H groups in total. The number of para-hydroxylation sites is 1. The van der Waals surface area contributed by atoms with E-state index in [1.165, 1.54) is 24.4 Å². The van der Waals surface area contributed by atoms with Gasteiger partial charge in [0.05, 0.1) is 23.1 Å². The van der Waals surface area contributed by atoms with Crippen molar-refractivity contribution in [3.63, 3.8) is 0 Å². The first-order valence-corrected chi connectivity index (χ1v) is 8.27. The SMILES string of the molecule is CC(C)NC(=O)Nc1ccccc1C(=O)Nc1ccc(OCC(F)(F)F)nc1. The zero-order valence-electron chi connectivity index (χ0n) is 15.1. The molecule has 0 atom stereocenters. The minimum Gasteiger partial charge on any atom is -0.468 e. The van der Waals surface area contributed by atoms with Gasteiger partial charge in [0.2, 0.25) is 5.88 Å². The Bertz CT molecular complexity index is 824. The lowest BCUT2D eigenvalue weighted by molar-refractivity contribution is -0.154. The van der Waals surface area contributed by atoms with Crippen molar-refractivity contribution in [1.29, 1.82) is 0 Å². The lowest BCUT2D eigenvalue weighted by atomic mass is 10.1. The molecule has 1 aromatic heterocycles. The molecular weight excluding hydrogens is 377 g/mol. The van der Waals surface area contributed by atoms with Gasteiger partial charge in [-0.25, -0.2) is 9.78 Å². The number of halogens is 3. The number of carbonyl (C=O) groups excluding carboxylic acids is 2. The van der Waals surface area contributed by atoms with Gasteiger partial charge in [0, 0.05) is 12.1 Å². The number of rotatable bonds is 6. The molecule has 0 spiro atoms. The van der Waals surface area contributed by atoms with Gasteiger partial charge in [0.25, 0.3) is 5.91 Å². The van der Waals surface area contributed by atoms with Crippen molar-refractivity contribution in [3.8, 4) is 5.88 Å². The number of pyridine rings is 1. The number of hydrogen-bond acceptors (Lipinski definition) is 4. The first-order valence-electron chi connectivity index (χ1n) is 8.27. The quantitative estimate of drug-likeness (QED) is 0.692.